The monoisotopic (exact) mass is 188 g/mol. The van der Waals surface area contributed by atoms with Crippen molar-refractivity contribution in [2.24, 2.45) is 0 Å². The first-order valence-electron chi connectivity index (χ1n) is 4.65. The molecular weight excluding hydrogens is 176 g/mol. The van der Waals surface area contributed by atoms with E-state index in [-0.39, 0.29) is 5.91 Å². The molecule has 0 spiro atoms. The van der Waals surface area contributed by atoms with E-state index in [4.69, 9.17) is 0 Å². The lowest BCUT2D eigenvalue weighted by Gasteiger charge is -2.06. The van der Waals surface area contributed by atoms with Crippen LogP contribution in [0.3, 0.4) is 0 Å². The van der Waals surface area contributed by atoms with Crippen LogP contribution in [0.25, 0.3) is 5.70 Å². The minimum Gasteiger partial charge on any atom is -0.383 e. The number of nitrogens with one attached hydrogen (secondary N) is 2. The molecule has 1 aromatic rings. The molecule has 1 aromatic carbocycles. The van der Waals surface area contributed by atoms with Gasteiger partial charge < -0.3 is 10.6 Å². The van der Waals surface area contributed by atoms with Crippen molar-refractivity contribution in [1.82, 2.24) is 10.6 Å². The summed E-state index contributed by atoms with van der Waals surface area (Å²) >= 11 is 0. The van der Waals surface area contributed by atoms with Crippen molar-refractivity contribution in [2.45, 2.75) is 0 Å². The highest BCUT2D eigenvalue weighted by Crippen LogP contribution is 2.10. The molecule has 0 atom stereocenters. The van der Waals surface area contributed by atoms with Gasteiger partial charge >= 0.3 is 0 Å². The second-order valence-corrected chi connectivity index (χ2v) is 3.14. The summed E-state index contributed by atoms with van der Waals surface area (Å²) in [5.74, 6) is -0.0335. The molecule has 2 N–H and O–H groups in total. The van der Waals surface area contributed by atoms with Gasteiger partial charge in [-0.25, -0.2) is 0 Å². The molecule has 2 rings (SSSR count). The van der Waals surface area contributed by atoms with Crippen LogP contribution in [-0.2, 0) is 4.79 Å². The van der Waals surface area contributed by atoms with E-state index < -0.39 is 0 Å². The van der Waals surface area contributed by atoms with Crippen LogP contribution >= 0.6 is 0 Å². The summed E-state index contributed by atoms with van der Waals surface area (Å²) in [6.45, 7) is 1.44. The Morgan fingerprint density at radius 1 is 1.00 bits per heavy atom. The smallest absolute Gasteiger partial charge is 0.246 e. The van der Waals surface area contributed by atoms with Crippen LogP contribution < -0.4 is 10.6 Å². The van der Waals surface area contributed by atoms with Gasteiger partial charge in [0.05, 0.1) is 0 Å². The molecule has 0 radical (unpaired) electrons. The van der Waals surface area contributed by atoms with Crippen molar-refractivity contribution in [2.75, 3.05) is 13.1 Å². The van der Waals surface area contributed by atoms with E-state index in [0.717, 1.165) is 17.8 Å². The Bertz CT molecular complexity index is 357. The lowest BCUT2D eigenvalue weighted by Crippen LogP contribution is -2.25. The summed E-state index contributed by atoms with van der Waals surface area (Å²) < 4.78 is 0. The average Bonchev–Trinajstić information content (AvgIpc) is 2.44. The van der Waals surface area contributed by atoms with E-state index in [0.29, 0.717) is 6.54 Å². The standard InChI is InChI=1S/C11H12N2O/c14-11-8-10(12-6-7-13-11)9-4-2-1-3-5-9/h1-5,8,12H,6-7H2,(H,13,14). The van der Waals surface area contributed by atoms with Crippen LogP contribution in [0, 0.1) is 0 Å². The Kier molecular flexibility index (Phi) is 2.49. The van der Waals surface area contributed by atoms with Gasteiger partial charge in [0, 0.05) is 24.9 Å². The summed E-state index contributed by atoms with van der Waals surface area (Å²) in [7, 11) is 0. The largest absolute Gasteiger partial charge is 0.383 e. The molecule has 1 amide bonds. The quantitative estimate of drug-likeness (QED) is 0.682. The summed E-state index contributed by atoms with van der Waals surface area (Å²) in [5, 5.41) is 5.97. The predicted octanol–water partition coefficient (Wildman–Crippen LogP) is 0.747. The predicted molar refractivity (Wildman–Crippen MR) is 55.4 cm³/mol. The molecule has 0 saturated carbocycles. The molecule has 72 valence electrons. The molecule has 0 bridgehead atoms. The third kappa shape index (κ3) is 1.93. The van der Waals surface area contributed by atoms with E-state index in [1.807, 2.05) is 30.3 Å². The number of rotatable bonds is 1. The molecular formula is C11H12N2O. The summed E-state index contributed by atoms with van der Waals surface area (Å²) in [4.78, 5) is 11.2. The molecule has 0 aromatic heterocycles. The van der Waals surface area contributed by atoms with Gasteiger partial charge in [-0.15, -0.1) is 0 Å². The number of hydrogen-bond donors (Lipinski definition) is 2. The van der Waals surface area contributed by atoms with Crippen molar-refractivity contribution in [3.63, 3.8) is 0 Å². The topological polar surface area (TPSA) is 41.1 Å². The molecule has 0 saturated heterocycles. The first kappa shape index (κ1) is 8.81. The molecule has 0 unspecified atom stereocenters. The highest BCUT2D eigenvalue weighted by atomic mass is 16.1. The van der Waals surface area contributed by atoms with Crippen LogP contribution in [0.4, 0.5) is 0 Å². The lowest BCUT2D eigenvalue weighted by molar-refractivity contribution is -0.116. The zero-order valence-electron chi connectivity index (χ0n) is 7.79. The molecule has 1 heterocycles. The Balaban J connectivity index is 2.28. The molecule has 14 heavy (non-hydrogen) atoms. The SMILES string of the molecule is O=C1C=C(c2ccccc2)NCCN1. The summed E-state index contributed by atoms with van der Waals surface area (Å²) in [5.41, 5.74) is 1.94. The number of carbonyl (C=O) groups excluding carboxylic acids is 1. The molecule has 0 fully saturated rings. The fourth-order valence-corrected chi connectivity index (χ4v) is 1.42. The van der Waals surface area contributed by atoms with Crippen LogP contribution in [0.15, 0.2) is 36.4 Å². The maximum Gasteiger partial charge on any atom is 0.246 e. The van der Waals surface area contributed by atoms with Crippen molar-refractivity contribution in [3.8, 4) is 0 Å². The van der Waals surface area contributed by atoms with E-state index in [2.05, 4.69) is 10.6 Å². The van der Waals surface area contributed by atoms with Gasteiger partial charge in [-0.3, -0.25) is 4.79 Å². The van der Waals surface area contributed by atoms with Gasteiger partial charge in [-0.2, -0.15) is 0 Å². The molecule has 3 nitrogen and oxygen atoms in total. The lowest BCUT2D eigenvalue weighted by atomic mass is 10.1. The van der Waals surface area contributed by atoms with E-state index in [9.17, 15) is 4.79 Å². The zero-order valence-corrected chi connectivity index (χ0v) is 7.79. The fourth-order valence-electron chi connectivity index (χ4n) is 1.42. The Hall–Kier alpha value is -1.77. The zero-order chi connectivity index (χ0) is 9.80. The number of benzene rings is 1. The summed E-state index contributed by atoms with van der Waals surface area (Å²) in [6, 6.07) is 9.84. The number of hydrogen-bond acceptors (Lipinski definition) is 2. The van der Waals surface area contributed by atoms with E-state index in [1.54, 1.807) is 6.08 Å². The van der Waals surface area contributed by atoms with Gasteiger partial charge in [0.2, 0.25) is 5.91 Å². The van der Waals surface area contributed by atoms with Gasteiger partial charge in [-0.1, -0.05) is 30.3 Å². The van der Waals surface area contributed by atoms with Gasteiger partial charge in [0.25, 0.3) is 0 Å². The van der Waals surface area contributed by atoms with Crippen molar-refractivity contribution >= 4 is 11.6 Å². The van der Waals surface area contributed by atoms with Crippen molar-refractivity contribution in [3.05, 3.63) is 42.0 Å². The Morgan fingerprint density at radius 2 is 1.71 bits per heavy atom. The first-order valence-corrected chi connectivity index (χ1v) is 4.65. The second-order valence-electron chi connectivity index (χ2n) is 3.14. The highest BCUT2D eigenvalue weighted by molar-refractivity contribution is 5.95. The fraction of sp³-hybridized carbons (Fsp3) is 0.182. The maximum atomic E-state index is 11.2. The third-order valence-electron chi connectivity index (χ3n) is 2.10. The van der Waals surface area contributed by atoms with E-state index in [1.165, 1.54) is 0 Å². The van der Waals surface area contributed by atoms with Crippen LogP contribution in [-0.4, -0.2) is 19.0 Å². The van der Waals surface area contributed by atoms with Crippen LogP contribution in [0.2, 0.25) is 0 Å². The molecule has 1 aliphatic rings. The van der Waals surface area contributed by atoms with Gasteiger partial charge in [0.1, 0.15) is 0 Å². The third-order valence-corrected chi connectivity index (χ3v) is 2.10. The Morgan fingerprint density at radius 3 is 2.50 bits per heavy atom. The number of carbonyl (C=O) groups is 1. The number of amides is 1. The van der Waals surface area contributed by atoms with Gasteiger partial charge in [0.15, 0.2) is 0 Å². The Labute approximate surface area is 82.8 Å². The average molecular weight is 188 g/mol. The highest BCUT2D eigenvalue weighted by Gasteiger charge is 2.07. The van der Waals surface area contributed by atoms with Crippen LogP contribution in [0.5, 0.6) is 0 Å². The van der Waals surface area contributed by atoms with Gasteiger partial charge in [-0.05, 0) is 5.56 Å². The normalized spacial score (nSPS) is 16.3. The minimum absolute atomic E-state index is 0.0335. The minimum atomic E-state index is -0.0335. The van der Waals surface area contributed by atoms with Crippen molar-refractivity contribution < 1.29 is 4.79 Å². The molecule has 0 aliphatic carbocycles. The molecule has 1 aliphatic heterocycles. The molecule has 3 heteroatoms. The van der Waals surface area contributed by atoms with E-state index >= 15 is 0 Å². The van der Waals surface area contributed by atoms with Crippen molar-refractivity contribution in [1.29, 1.82) is 0 Å². The first-order chi connectivity index (χ1) is 6.86. The maximum absolute atomic E-state index is 11.2. The van der Waals surface area contributed by atoms with Crippen LogP contribution in [0.1, 0.15) is 5.56 Å². The summed E-state index contributed by atoms with van der Waals surface area (Å²) in [6.07, 6.45) is 1.60. The second kappa shape index (κ2) is 3.96.